The average Bonchev–Trinajstić information content (AvgIpc) is 3.55. The van der Waals surface area contributed by atoms with E-state index < -0.39 is 0 Å². The summed E-state index contributed by atoms with van der Waals surface area (Å²) in [4.78, 5) is 8.51. The highest BCUT2D eigenvalue weighted by Crippen LogP contribution is 2.34. The van der Waals surface area contributed by atoms with Crippen LogP contribution >= 0.6 is 23.5 Å². The van der Waals surface area contributed by atoms with Crippen molar-refractivity contribution in [3.8, 4) is 0 Å². The summed E-state index contributed by atoms with van der Waals surface area (Å²) in [5.74, 6) is 0. The van der Waals surface area contributed by atoms with E-state index in [1.807, 2.05) is 55.7 Å². The van der Waals surface area contributed by atoms with Crippen LogP contribution in [0.5, 0.6) is 0 Å². The molecule has 0 radical (unpaired) electrons. The Kier molecular flexibility index (Phi) is 10.3. The molecule has 0 bridgehead atoms. The van der Waals surface area contributed by atoms with Crippen molar-refractivity contribution in [2.45, 2.75) is 38.3 Å². The Morgan fingerprint density at radius 1 is 1.29 bits per heavy atom. The Balaban J connectivity index is 0.000000420. The van der Waals surface area contributed by atoms with Crippen molar-refractivity contribution >= 4 is 47.4 Å². The topological polar surface area (TPSA) is 58.3 Å². The minimum atomic E-state index is 0.127. The predicted molar refractivity (Wildman–Crippen MR) is 154 cm³/mol. The summed E-state index contributed by atoms with van der Waals surface area (Å²) in [5.41, 5.74) is 5.09. The van der Waals surface area contributed by atoms with Gasteiger partial charge in [-0.25, -0.2) is 5.01 Å². The third-order valence-electron chi connectivity index (χ3n) is 6.34. The van der Waals surface area contributed by atoms with Gasteiger partial charge >= 0.3 is 0 Å². The van der Waals surface area contributed by atoms with E-state index in [9.17, 15) is 0 Å². The van der Waals surface area contributed by atoms with Crippen LogP contribution in [0.2, 0.25) is 5.02 Å². The summed E-state index contributed by atoms with van der Waals surface area (Å²) in [6.45, 7) is 13.4. The van der Waals surface area contributed by atoms with Gasteiger partial charge in [0, 0.05) is 54.4 Å². The van der Waals surface area contributed by atoms with Crippen molar-refractivity contribution in [2.24, 2.45) is 10.1 Å². The molecule has 0 aliphatic carbocycles. The quantitative estimate of drug-likeness (QED) is 0.351. The van der Waals surface area contributed by atoms with Gasteiger partial charge in [-0.15, -0.1) is 0 Å². The third kappa shape index (κ3) is 7.61. The SMILES string of the molecule is C=N/C=C/C(=N\N1C=C1C)C1CCCCN1C(=C)c1cc(Cl)ccc1NSC.CNC1CN(C)C1. The molecular weight excluding hydrogens is 478 g/mol. The van der Waals surface area contributed by atoms with Gasteiger partial charge in [0.1, 0.15) is 0 Å². The summed E-state index contributed by atoms with van der Waals surface area (Å²) >= 11 is 7.85. The number of piperidine rings is 1. The number of halogens is 1. The number of aliphatic imine (C=N–C) groups is 1. The zero-order chi connectivity index (χ0) is 25.4. The van der Waals surface area contributed by atoms with Crippen LogP contribution in [0.25, 0.3) is 5.70 Å². The van der Waals surface area contributed by atoms with E-state index in [1.165, 1.54) is 13.1 Å². The maximum atomic E-state index is 6.30. The van der Waals surface area contributed by atoms with Crippen LogP contribution in [0.15, 0.2) is 59.0 Å². The largest absolute Gasteiger partial charge is 0.363 e. The van der Waals surface area contributed by atoms with Crippen LogP contribution in [-0.4, -0.2) is 79.3 Å². The molecule has 7 nitrogen and oxygen atoms in total. The van der Waals surface area contributed by atoms with Crippen LogP contribution < -0.4 is 10.0 Å². The van der Waals surface area contributed by atoms with Crippen molar-refractivity contribution in [3.63, 3.8) is 0 Å². The molecule has 9 heteroatoms. The lowest BCUT2D eigenvalue weighted by molar-refractivity contribution is 0.169. The van der Waals surface area contributed by atoms with Gasteiger partial charge in [-0.2, -0.15) is 5.10 Å². The van der Waals surface area contributed by atoms with E-state index in [0.29, 0.717) is 5.02 Å². The number of nitrogens with one attached hydrogen (secondary N) is 2. The molecule has 190 valence electrons. The molecule has 3 aliphatic rings. The second-order valence-corrected chi connectivity index (χ2v) is 10.0. The Labute approximate surface area is 219 Å². The smallest absolute Gasteiger partial charge is 0.0853 e. The van der Waals surface area contributed by atoms with E-state index in [-0.39, 0.29) is 6.04 Å². The van der Waals surface area contributed by atoms with Crippen molar-refractivity contribution in [2.75, 3.05) is 44.7 Å². The van der Waals surface area contributed by atoms with Crippen LogP contribution in [0.1, 0.15) is 31.7 Å². The molecule has 0 spiro atoms. The number of hydrazone groups is 1. The monoisotopic (exact) mass is 515 g/mol. The summed E-state index contributed by atoms with van der Waals surface area (Å²) < 4.78 is 3.34. The molecule has 1 unspecified atom stereocenters. The normalized spacial score (nSPS) is 20.7. The highest BCUT2D eigenvalue weighted by molar-refractivity contribution is 7.99. The van der Waals surface area contributed by atoms with Gasteiger partial charge in [-0.1, -0.05) is 30.1 Å². The van der Waals surface area contributed by atoms with Crippen molar-refractivity contribution < 1.29 is 0 Å². The third-order valence-corrected chi connectivity index (χ3v) is 7.00. The van der Waals surface area contributed by atoms with Crippen LogP contribution in [-0.2, 0) is 0 Å². The Morgan fingerprint density at radius 3 is 2.60 bits per heavy atom. The first kappa shape index (κ1) is 27.3. The zero-order valence-electron chi connectivity index (χ0n) is 21.3. The van der Waals surface area contributed by atoms with Crippen molar-refractivity contribution in [1.29, 1.82) is 0 Å². The van der Waals surface area contributed by atoms with Crippen LogP contribution in [0, 0.1) is 0 Å². The Bertz CT molecular complexity index is 984. The zero-order valence-corrected chi connectivity index (χ0v) is 22.9. The molecule has 0 saturated carbocycles. The number of rotatable bonds is 9. The van der Waals surface area contributed by atoms with Gasteiger partial charge in [-0.3, -0.25) is 4.99 Å². The van der Waals surface area contributed by atoms with E-state index in [0.717, 1.165) is 60.2 Å². The lowest BCUT2D eigenvalue weighted by atomic mass is 9.95. The van der Waals surface area contributed by atoms with E-state index in [1.54, 1.807) is 18.1 Å². The standard InChI is InChI=1S/C21H26ClN5S.C5H12N2/c1-15-14-27(15)24-20(10-11-23-3)21-7-5-6-12-26(21)16(2)18-13-17(22)8-9-19(18)25-28-4;1-6-5-3-7(2)4-5/h8-11,13-14,21,25H,2-3,5-7,12H2,1,4H3;5-6H,3-4H2,1-2H3/b11-10+,24-20+;. The molecule has 3 heterocycles. The van der Waals surface area contributed by atoms with Crippen LogP contribution in [0.3, 0.4) is 0 Å². The molecule has 3 aliphatic heterocycles. The lowest BCUT2D eigenvalue weighted by Crippen LogP contribution is -2.54. The van der Waals surface area contributed by atoms with E-state index >= 15 is 0 Å². The average molecular weight is 516 g/mol. The molecule has 1 aromatic carbocycles. The first-order valence-corrected chi connectivity index (χ1v) is 13.6. The van der Waals surface area contributed by atoms with Gasteiger partial charge in [0.05, 0.1) is 29.3 Å². The number of likely N-dealkylation sites (N-methyl/N-ethyl adjacent to an activating group) is 2. The number of anilines is 1. The number of likely N-dealkylation sites (tertiary alicyclic amines) is 2. The second-order valence-electron chi connectivity index (χ2n) is 8.99. The van der Waals surface area contributed by atoms with Gasteiger partial charge in [0.15, 0.2) is 0 Å². The number of nitrogens with zero attached hydrogens (tertiary/aromatic N) is 5. The lowest BCUT2D eigenvalue weighted by Gasteiger charge is -2.39. The summed E-state index contributed by atoms with van der Waals surface area (Å²) in [5, 5.41) is 10.6. The predicted octanol–water partition coefficient (Wildman–Crippen LogP) is 5.12. The second kappa shape index (κ2) is 13.2. The summed E-state index contributed by atoms with van der Waals surface area (Å²) in [6, 6.07) is 6.76. The minimum Gasteiger partial charge on any atom is -0.363 e. The molecule has 2 fully saturated rings. The molecule has 1 aromatic rings. The Morgan fingerprint density at radius 2 is 2.03 bits per heavy atom. The molecule has 0 amide bonds. The van der Waals surface area contributed by atoms with E-state index in [2.05, 4.69) is 45.2 Å². The molecular formula is C26H38ClN7S. The van der Waals surface area contributed by atoms with Crippen molar-refractivity contribution in [1.82, 2.24) is 20.1 Å². The molecule has 0 aromatic heterocycles. The first-order chi connectivity index (χ1) is 16.9. The van der Waals surface area contributed by atoms with Crippen molar-refractivity contribution in [3.05, 3.63) is 59.5 Å². The molecule has 1 atom stereocenters. The summed E-state index contributed by atoms with van der Waals surface area (Å²) in [7, 11) is 4.14. The number of allylic oxidation sites excluding steroid dienone is 1. The van der Waals surface area contributed by atoms with E-state index in [4.69, 9.17) is 16.7 Å². The van der Waals surface area contributed by atoms with Gasteiger partial charge in [-0.05, 0) is 71.3 Å². The minimum absolute atomic E-state index is 0.127. The summed E-state index contributed by atoms with van der Waals surface area (Å²) in [6.07, 6.45) is 10.9. The van der Waals surface area contributed by atoms with Gasteiger partial charge in [0.25, 0.3) is 0 Å². The molecule has 2 N–H and O–H groups in total. The fourth-order valence-electron chi connectivity index (χ4n) is 4.27. The maximum Gasteiger partial charge on any atom is 0.0853 e. The maximum absolute atomic E-state index is 6.30. The fourth-order valence-corrected chi connectivity index (χ4v) is 4.84. The van der Waals surface area contributed by atoms with Gasteiger partial charge < -0.3 is 19.8 Å². The first-order valence-electron chi connectivity index (χ1n) is 12.0. The fraction of sp³-hybridized carbons (Fsp3) is 0.462. The highest BCUT2D eigenvalue weighted by atomic mass is 35.5. The Hall–Kier alpha value is -2.26. The van der Waals surface area contributed by atoms with Crippen LogP contribution in [0.4, 0.5) is 5.69 Å². The number of hydrogen-bond donors (Lipinski definition) is 2. The number of benzene rings is 1. The highest BCUT2D eigenvalue weighted by Gasteiger charge is 2.30. The molecule has 2 saturated heterocycles. The number of hydrogen-bond acceptors (Lipinski definition) is 8. The van der Waals surface area contributed by atoms with Gasteiger partial charge in [0.2, 0.25) is 0 Å². The molecule has 4 rings (SSSR count). The molecule has 35 heavy (non-hydrogen) atoms.